The maximum Gasteiger partial charge on any atom is 0.292 e. The number of anilines is 2. The first kappa shape index (κ1) is 28.2. The van der Waals surface area contributed by atoms with Crippen LogP contribution in [0.3, 0.4) is 0 Å². The zero-order chi connectivity index (χ0) is 27.7. The molecule has 0 aliphatic heterocycles. The van der Waals surface area contributed by atoms with Crippen LogP contribution in [-0.4, -0.2) is 21.7 Å². The topological polar surface area (TPSA) is 144 Å². The molecule has 2 N–H and O–H groups in total. The van der Waals surface area contributed by atoms with Crippen molar-refractivity contribution in [2.45, 2.75) is 0 Å². The summed E-state index contributed by atoms with van der Waals surface area (Å²) in [6.45, 7) is 0. The predicted molar refractivity (Wildman–Crippen MR) is 150 cm³/mol. The number of nitro benzene ring substituents is 2. The molecule has 192 valence electrons. The SMILES string of the molecule is O=C(Nc1ccccc1[N+](=O)[O-])c1ccc(Br)cc1.O=C(Nc1ccccc1[N+](=O)[O-])c1ccc(Br)cc1. The third-order valence-electron chi connectivity index (χ3n) is 4.91. The lowest BCUT2D eigenvalue weighted by molar-refractivity contribution is -0.384. The van der Waals surface area contributed by atoms with Crippen molar-refractivity contribution in [3.63, 3.8) is 0 Å². The van der Waals surface area contributed by atoms with Gasteiger partial charge in [0.05, 0.1) is 9.85 Å². The molecule has 0 radical (unpaired) electrons. The number of nitrogens with one attached hydrogen (secondary N) is 2. The first-order valence-electron chi connectivity index (χ1n) is 10.8. The average Bonchev–Trinajstić information content (AvgIpc) is 2.90. The van der Waals surface area contributed by atoms with E-state index in [1.54, 1.807) is 72.8 Å². The lowest BCUT2D eigenvalue weighted by Crippen LogP contribution is -2.12. The van der Waals surface area contributed by atoms with Crippen molar-refractivity contribution in [1.29, 1.82) is 0 Å². The van der Waals surface area contributed by atoms with Gasteiger partial charge in [-0.15, -0.1) is 0 Å². The maximum atomic E-state index is 12.0. The van der Waals surface area contributed by atoms with E-state index >= 15 is 0 Å². The zero-order valence-corrected chi connectivity index (χ0v) is 22.5. The molecule has 0 saturated carbocycles. The Labute approximate surface area is 233 Å². The second-order valence-corrected chi connectivity index (χ2v) is 9.30. The minimum Gasteiger partial charge on any atom is -0.316 e. The Kier molecular flexibility index (Phi) is 9.79. The molecule has 4 rings (SSSR count). The van der Waals surface area contributed by atoms with Crippen molar-refractivity contribution in [2.24, 2.45) is 0 Å². The predicted octanol–water partition coefficient (Wildman–Crippen LogP) is 7.22. The van der Waals surface area contributed by atoms with Gasteiger partial charge in [0.15, 0.2) is 0 Å². The van der Waals surface area contributed by atoms with Crippen molar-refractivity contribution in [3.8, 4) is 0 Å². The second-order valence-electron chi connectivity index (χ2n) is 7.47. The number of nitrogens with zero attached hydrogens (tertiary/aromatic N) is 2. The van der Waals surface area contributed by atoms with Gasteiger partial charge in [0.25, 0.3) is 23.2 Å². The second kappa shape index (κ2) is 13.2. The minimum atomic E-state index is -0.531. The van der Waals surface area contributed by atoms with Gasteiger partial charge in [0, 0.05) is 32.2 Å². The average molecular weight is 642 g/mol. The molecule has 0 aliphatic carbocycles. The molecule has 0 spiro atoms. The Hall–Kier alpha value is -4.42. The Morgan fingerprint density at radius 3 is 1.18 bits per heavy atom. The third kappa shape index (κ3) is 7.79. The number of carbonyl (C=O) groups is 2. The Morgan fingerprint density at radius 1 is 0.553 bits per heavy atom. The van der Waals surface area contributed by atoms with Crippen LogP contribution in [0.4, 0.5) is 22.7 Å². The van der Waals surface area contributed by atoms with Gasteiger partial charge >= 0.3 is 0 Å². The first-order valence-corrected chi connectivity index (χ1v) is 12.3. The fraction of sp³-hybridized carbons (Fsp3) is 0. The lowest BCUT2D eigenvalue weighted by atomic mass is 10.2. The van der Waals surface area contributed by atoms with Gasteiger partial charge in [-0.05, 0) is 60.7 Å². The number of amides is 2. The molecular weight excluding hydrogens is 624 g/mol. The van der Waals surface area contributed by atoms with Crippen LogP contribution in [0.2, 0.25) is 0 Å². The van der Waals surface area contributed by atoms with Crippen LogP contribution in [0.15, 0.2) is 106 Å². The Morgan fingerprint density at radius 2 is 0.868 bits per heavy atom. The first-order chi connectivity index (χ1) is 18.2. The van der Waals surface area contributed by atoms with Crippen LogP contribution in [0.5, 0.6) is 0 Å². The molecule has 0 unspecified atom stereocenters. The van der Waals surface area contributed by atoms with E-state index in [1.807, 2.05) is 0 Å². The van der Waals surface area contributed by atoms with E-state index < -0.39 is 9.85 Å². The molecule has 2 amide bonds. The van der Waals surface area contributed by atoms with E-state index in [4.69, 9.17) is 0 Å². The Bertz CT molecular complexity index is 1370. The summed E-state index contributed by atoms with van der Waals surface area (Å²) >= 11 is 6.54. The maximum absolute atomic E-state index is 12.0. The van der Waals surface area contributed by atoms with Crippen LogP contribution in [-0.2, 0) is 0 Å². The van der Waals surface area contributed by atoms with Crippen molar-refractivity contribution in [2.75, 3.05) is 10.6 Å². The van der Waals surface area contributed by atoms with Gasteiger partial charge < -0.3 is 10.6 Å². The molecule has 0 aliphatic rings. The third-order valence-corrected chi connectivity index (χ3v) is 5.97. The van der Waals surface area contributed by atoms with Crippen molar-refractivity contribution >= 4 is 66.4 Å². The molecular formula is C26H18Br2N4O6. The molecule has 0 atom stereocenters. The summed E-state index contributed by atoms with van der Waals surface area (Å²) in [4.78, 5) is 44.5. The Balaban J connectivity index is 0.000000211. The fourth-order valence-electron chi connectivity index (χ4n) is 3.07. The van der Waals surface area contributed by atoms with E-state index in [2.05, 4.69) is 42.5 Å². The number of carbonyl (C=O) groups excluding carboxylic acids is 2. The molecule has 0 heterocycles. The quantitative estimate of drug-likeness (QED) is 0.168. The van der Waals surface area contributed by atoms with Crippen molar-refractivity contribution < 1.29 is 19.4 Å². The smallest absolute Gasteiger partial charge is 0.292 e. The summed E-state index contributed by atoms with van der Waals surface area (Å²) in [5.74, 6) is -0.774. The van der Waals surface area contributed by atoms with Gasteiger partial charge in [-0.2, -0.15) is 0 Å². The summed E-state index contributed by atoms with van der Waals surface area (Å²) in [7, 11) is 0. The van der Waals surface area contributed by atoms with E-state index in [1.165, 1.54) is 24.3 Å². The highest BCUT2D eigenvalue weighted by Gasteiger charge is 2.16. The molecule has 4 aromatic rings. The molecule has 12 heteroatoms. The number of rotatable bonds is 6. The summed E-state index contributed by atoms with van der Waals surface area (Å²) in [6, 6.07) is 25.5. The molecule has 4 aromatic carbocycles. The molecule has 0 bridgehead atoms. The molecule has 0 fully saturated rings. The van der Waals surface area contributed by atoms with Crippen LogP contribution in [0.1, 0.15) is 20.7 Å². The van der Waals surface area contributed by atoms with Gasteiger partial charge in [-0.3, -0.25) is 29.8 Å². The minimum absolute atomic E-state index is 0.132. The highest BCUT2D eigenvalue weighted by molar-refractivity contribution is 9.10. The number of para-hydroxylation sites is 4. The number of halogens is 2. The van der Waals surface area contributed by atoms with E-state index in [0.717, 1.165) is 8.95 Å². The van der Waals surface area contributed by atoms with E-state index in [9.17, 15) is 29.8 Å². The van der Waals surface area contributed by atoms with Gasteiger partial charge in [0.2, 0.25) is 0 Å². The van der Waals surface area contributed by atoms with Crippen molar-refractivity contribution in [3.05, 3.63) is 137 Å². The highest BCUT2D eigenvalue weighted by Crippen LogP contribution is 2.25. The monoisotopic (exact) mass is 640 g/mol. The van der Waals surface area contributed by atoms with Gasteiger partial charge in [-0.1, -0.05) is 56.1 Å². The standard InChI is InChI=1S/2C13H9BrN2O3/c2*14-10-7-5-9(6-8-10)13(17)15-11-3-1-2-4-12(11)16(18)19/h2*1-8H,(H,15,17). The summed E-state index contributed by atoms with van der Waals surface area (Å²) in [6.07, 6.45) is 0. The molecule has 0 saturated heterocycles. The van der Waals surface area contributed by atoms with Gasteiger partial charge in [-0.25, -0.2) is 0 Å². The summed E-state index contributed by atoms with van der Waals surface area (Å²) < 4.78 is 1.71. The summed E-state index contributed by atoms with van der Waals surface area (Å²) in [5.41, 5.74) is 0.962. The largest absolute Gasteiger partial charge is 0.316 e. The fourth-order valence-corrected chi connectivity index (χ4v) is 3.60. The van der Waals surface area contributed by atoms with Crippen LogP contribution >= 0.6 is 31.9 Å². The van der Waals surface area contributed by atoms with E-state index in [-0.39, 0.29) is 34.6 Å². The van der Waals surface area contributed by atoms with Gasteiger partial charge in [0.1, 0.15) is 11.4 Å². The number of hydrogen-bond donors (Lipinski definition) is 2. The number of nitro groups is 2. The highest BCUT2D eigenvalue weighted by atomic mass is 79.9. The molecule has 38 heavy (non-hydrogen) atoms. The number of hydrogen-bond acceptors (Lipinski definition) is 6. The number of benzene rings is 4. The molecule has 0 aromatic heterocycles. The van der Waals surface area contributed by atoms with Crippen LogP contribution in [0.25, 0.3) is 0 Å². The van der Waals surface area contributed by atoms with Crippen molar-refractivity contribution in [1.82, 2.24) is 0 Å². The van der Waals surface area contributed by atoms with Crippen LogP contribution < -0.4 is 10.6 Å². The lowest BCUT2D eigenvalue weighted by Gasteiger charge is -2.05. The summed E-state index contributed by atoms with van der Waals surface area (Å²) in [5, 5.41) is 26.7. The zero-order valence-electron chi connectivity index (χ0n) is 19.3. The molecule has 10 nitrogen and oxygen atoms in total. The van der Waals surface area contributed by atoms with Crippen LogP contribution in [0, 0.1) is 20.2 Å². The normalized spacial score (nSPS) is 9.95. The van der Waals surface area contributed by atoms with E-state index in [0.29, 0.717) is 11.1 Å².